The highest BCUT2D eigenvalue weighted by Gasteiger charge is 2.20. The molecule has 0 saturated carbocycles. The number of halogens is 1. The smallest absolute Gasteiger partial charge is 0.397 e. The summed E-state index contributed by atoms with van der Waals surface area (Å²) < 4.78 is 18.6. The zero-order valence-corrected chi connectivity index (χ0v) is 21.1. The fourth-order valence-corrected chi connectivity index (χ4v) is 4.88. The number of aliphatic imine (C=N–C) groups is 1. The minimum Gasteiger partial charge on any atom is -0.397 e. The monoisotopic (exact) mass is 530 g/mol. The molecule has 0 radical (unpaired) electrons. The van der Waals surface area contributed by atoms with Gasteiger partial charge in [0, 0.05) is 12.1 Å². The zero-order chi connectivity index (χ0) is 26.6. The molecule has 5 rings (SSSR count). The lowest BCUT2D eigenvalue weighted by atomic mass is 10.0. The number of nitrogens with zero attached hydrogens (tertiary/aromatic N) is 2. The summed E-state index contributed by atoms with van der Waals surface area (Å²) in [7, 11) is 0. The fraction of sp³-hybridized carbons (Fsp3) is 0.143. The molecule has 1 aliphatic rings. The molecule has 192 valence electrons. The number of aromatic nitrogens is 1. The molecule has 2 heterocycles. The summed E-state index contributed by atoms with van der Waals surface area (Å²) in [5, 5.41) is 15.2. The molecular weight excluding hydrogens is 507 g/mol. The maximum absolute atomic E-state index is 13.3. The standard InChI is InChI=1S/C28H23FN4O4S/c1-16-27(37-28(36)30-11-12-34)38-26(31-16)20-4-2-3-19(13-20)23-15-25(35)33-24-14-18(7-10-22(24)32-23)17-5-8-21(29)9-6-17/h2-10,13-14,34H,11-12,15H2,1H3,(H,30,36)(H,33,35). The van der Waals surface area contributed by atoms with E-state index >= 15 is 0 Å². The van der Waals surface area contributed by atoms with Gasteiger partial charge in [-0.1, -0.05) is 47.7 Å². The van der Waals surface area contributed by atoms with E-state index in [1.165, 1.54) is 23.5 Å². The number of fused-ring (bicyclic) bond motifs is 1. The van der Waals surface area contributed by atoms with Gasteiger partial charge < -0.3 is 20.5 Å². The second-order valence-corrected chi connectivity index (χ2v) is 9.50. The lowest BCUT2D eigenvalue weighted by Gasteiger charge is -2.08. The number of rotatable bonds is 6. The Morgan fingerprint density at radius 2 is 1.84 bits per heavy atom. The van der Waals surface area contributed by atoms with Crippen molar-refractivity contribution in [1.82, 2.24) is 10.3 Å². The number of carbonyl (C=O) groups is 2. The summed E-state index contributed by atoms with van der Waals surface area (Å²) in [6, 6.07) is 19.3. The third-order valence-corrected chi connectivity index (χ3v) is 6.88. The van der Waals surface area contributed by atoms with Crippen LogP contribution in [0.3, 0.4) is 0 Å². The van der Waals surface area contributed by atoms with Crippen LogP contribution in [0.1, 0.15) is 17.7 Å². The molecule has 2 amide bonds. The summed E-state index contributed by atoms with van der Waals surface area (Å²) in [6.07, 6.45) is -0.577. The first-order valence-corrected chi connectivity index (χ1v) is 12.6. The first-order valence-electron chi connectivity index (χ1n) is 11.8. The molecule has 1 aromatic heterocycles. The van der Waals surface area contributed by atoms with Crippen molar-refractivity contribution in [2.24, 2.45) is 4.99 Å². The van der Waals surface area contributed by atoms with Crippen molar-refractivity contribution in [3.8, 4) is 26.8 Å². The molecule has 0 saturated heterocycles. The van der Waals surface area contributed by atoms with Crippen LogP contribution in [0.4, 0.5) is 20.6 Å². The number of anilines is 1. The predicted octanol–water partition coefficient (Wildman–Crippen LogP) is 5.47. The average molecular weight is 531 g/mol. The zero-order valence-electron chi connectivity index (χ0n) is 20.3. The molecular formula is C28H23FN4O4S. The normalized spacial score (nSPS) is 12.7. The van der Waals surface area contributed by atoms with Gasteiger partial charge in [-0.25, -0.2) is 14.2 Å². The van der Waals surface area contributed by atoms with E-state index in [-0.39, 0.29) is 31.3 Å². The summed E-state index contributed by atoms with van der Waals surface area (Å²) in [6.45, 7) is 1.66. The van der Waals surface area contributed by atoms with Crippen molar-refractivity contribution in [3.63, 3.8) is 0 Å². The summed E-state index contributed by atoms with van der Waals surface area (Å²) in [5.74, 6) is -0.507. The molecule has 0 atom stereocenters. The van der Waals surface area contributed by atoms with Gasteiger partial charge in [0.15, 0.2) is 0 Å². The number of aryl methyl sites for hydroxylation is 1. The number of hydrogen-bond acceptors (Lipinski definition) is 7. The van der Waals surface area contributed by atoms with Gasteiger partial charge in [0.1, 0.15) is 10.8 Å². The van der Waals surface area contributed by atoms with Crippen LogP contribution in [0.5, 0.6) is 5.06 Å². The number of benzene rings is 3. The number of amides is 2. The molecule has 38 heavy (non-hydrogen) atoms. The molecule has 10 heteroatoms. The summed E-state index contributed by atoms with van der Waals surface area (Å²) in [5.41, 5.74) is 5.60. The van der Waals surface area contributed by atoms with E-state index in [9.17, 15) is 14.0 Å². The second-order valence-electron chi connectivity index (χ2n) is 8.53. The number of thiazole rings is 1. The van der Waals surface area contributed by atoms with Crippen molar-refractivity contribution < 1.29 is 23.8 Å². The van der Waals surface area contributed by atoms with Crippen molar-refractivity contribution in [1.29, 1.82) is 0 Å². The van der Waals surface area contributed by atoms with Crippen LogP contribution >= 0.6 is 11.3 Å². The summed E-state index contributed by atoms with van der Waals surface area (Å²) >= 11 is 1.22. The van der Waals surface area contributed by atoms with Crippen molar-refractivity contribution >= 4 is 40.4 Å². The number of nitrogens with one attached hydrogen (secondary N) is 2. The molecule has 3 N–H and O–H groups in total. The molecule has 0 fully saturated rings. The first-order chi connectivity index (χ1) is 18.4. The van der Waals surface area contributed by atoms with Crippen molar-refractivity contribution in [2.45, 2.75) is 13.3 Å². The highest BCUT2D eigenvalue weighted by molar-refractivity contribution is 7.17. The van der Waals surface area contributed by atoms with Gasteiger partial charge >= 0.3 is 6.09 Å². The molecule has 0 aliphatic carbocycles. The maximum Gasteiger partial charge on any atom is 0.413 e. The van der Waals surface area contributed by atoms with Gasteiger partial charge in [0.2, 0.25) is 11.0 Å². The third-order valence-electron chi connectivity index (χ3n) is 5.79. The molecule has 8 nitrogen and oxygen atoms in total. The topological polar surface area (TPSA) is 113 Å². The Morgan fingerprint density at radius 1 is 1.08 bits per heavy atom. The van der Waals surface area contributed by atoms with Gasteiger partial charge in [0.25, 0.3) is 0 Å². The molecule has 0 bridgehead atoms. The van der Waals surface area contributed by atoms with Crippen molar-refractivity contribution in [2.75, 3.05) is 18.5 Å². The average Bonchev–Trinajstić information content (AvgIpc) is 3.18. The minimum atomic E-state index is -0.661. The summed E-state index contributed by atoms with van der Waals surface area (Å²) in [4.78, 5) is 34.0. The van der Waals surface area contributed by atoms with E-state index < -0.39 is 6.09 Å². The van der Waals surface area contributed by atoms with Gasteiger partial charge in [-0.2, -0.15) is 0 Å². The van der Waals surface area contributed by atoms with E-state index in [1.807, 2.05) is 42.5 Å². The van der Waals surface area contributed by atoms with Crippen LogP contribution in [0.2, 0.25) is 0 Å². The molecule has 0 spiro atoms. The Hall–Kier alpha value is -4.41. The quantitative estimate of drug-likeness (QED) is 0.306. The van der Waals surface area contributed by atoms with Gasteiger partial charge in [-0.05, 0) is 53.9 Å². The van der Waals surface area contributed by atoms with Gasteiger partial charge in [-0.15, -0.1) is 0 Å². The fourth-order valence-electron chi connectivity index (χ4n) is 3.96. The van der Waals surface area contributed by atoms with Crippen LogP contribution in [0, 0.1) is 12.7 Å². The highest BCUT2D eigenvalue weighted by atomic mass is 32.1. The molecule has 4 aromatic rings. The third kappa shape index (κ3) is 5.61. The molecule has 3 aromatic carbocycles. The number of ether oxygens (including phenoxy) is 1. The minimum absolute atomic E-state index is 0.0836. The molecule has 1 aliphatic heterocycles. The molecule has 0 unspecified atom stereocenters. The van der Waals surface area contributed by atoms with E-state index in [4.69, 9.17) is 14.8 Å². The van der Waals surface area contributed by atoms with E-state index in [2.05, 4.69) is 15.6 Å². The Kier molecular flexibility index (Phi) is 7.25. The van der Waals surface area contributed by atoms with E-state index in [0.29, 0.717) is 32.9 Å². The number of hydrogen-bond donors (Lipinski definition) is 3. The van der Waals surface area contributed by atoms with Crippen LogP contribution in [-0.4, -0.2) is 41.0 Å². The predicted molar refractivity (Wildman–Crippen MR) is 145 cm³/mol. The Balaban J connectivity index is 1.43. The van der Waals surface area contributed by atoms with Gasteiger partial charge in [0.05, 0.1) is 35.8 Å². The Labute approximate surface area is 221 Å². The maximum atomic E-state index is 13.3. The number of carbonyl (C=O) groups excluding carboxylic acids is 2. The number of aliphatic hydroxyl groups excluding tert-OH is 1. The number of aliphatic hydroxyl groups is 1. The largest absolute Gasteiger partial charge is 0.413 e. The van der Waals surface area contributed by atoms with Crippen LogP contribution in [-0.2, 0) is 4.79 Å². The second kappa shape index (κ2) is 10.9. The lowest BCUT2D eigenvalue weighted by molar-refractivity contribution is -0.115. The van der Waals surface area contributed by atoms with E-state index in [0.717, 1.165) is 22.3 Å². The highest BCUT2D eigenvalue weighted by Crippen LogP contribution is 2.36. The van der Waals surface area contributed by atoms with Crippen LogP contribution in [0.25, 0.3) is 21.7 Å². The SMILES string of the molecule is Cc1nc(-c2cccc(C3=Nc4ccc(-c5ccc(F)cc5)cc4NC(=O)C3)c2)sc1OC(=O)NCCO. The van der Waals surface area contributed by atoms with Crippen LogP contribution in [0.15, 0.2) is 71.7 Å². The Morgan fingerprint density at radius 3 is 2.63 bits per heavy atom. The lowest BCUT2D eigenvalue weighted by Crippen LogP contribution is -2.29. The van der Waals surface area contributed by atoms with E-state index in [1.54, 1.807) is 19.1 Å². The van der Waals surface area contributed by atoms with Crippen LogP contribution < -0.4 is 15.4 Å². The Bertz CT molecular complexity index is 1550. The van der Waals surface area contributed by atoms with Gasteiger partial charge in [-0.3, -0.25) is 9.79 Å². The van der Waals surface area contributed by atoms with Crippen molar-refractivity contribution in [3.05, 3.63) is 83.8 Å². The first kappa shape index (κ1) is 25.2.